The first-order valence-electron chi connectivity index (χ1n) is 7.07. The van der Waals surface area contributed by atoms with Gasteiger partial charge in [-0.2, -0.15) is 23.0 Å². The molecule has 0 aliphatic heterocycles. The molecular formula is C16H11ClF3N3O. The van der Waals surface area contributed by atoms with Gasteiger partial charge in [-0.25, -0.2) is 0 Å². The number of halogens is 4. The van der Waals surface area contributed by atoms with Crippen molar-refractivity contribution in [2.45, 2.75) is 19.5 Å². The zero-order valence-electron chi connectivity index (χ0n) is 12.4. The Bertz CT molecular complexity index is 934. The van der Waals surface area contributed by atoms with Crippen molar-refractivity contribution < 1.29 is 18.0 Å². The highest BCUT2D eigenvalue weighted by atomic mass is 35.5. The number of benzene rings is 1. The van der Waals surface area contributed by atoms with Gasteiger partial charge >= 0.3 is 6.18 Å². The van der Waals surface area contributed by atoms with Crippen molar-refractivity contribution in [1.29, 1.82) is 0 Å². The van der Waals surface area contributed by atoms with Crippen LogP contribution in [0.1, 0.15) is 28.5 Å². The number of carbonyl (C=O) groups is 1. The van der Waals surface area contributed by atoms with Crippen LogP contribution < -0.4 is 0 Å². The minimum Gasteiger partial charge on any atom is -0.267 e. The van der Waals surface area contributed by atoms with Gasteiger partial charge in [0, 0.05) is 6.20 Å². The molecule has 4 nitrogen and oxygen atoms in total. The van der Waals surface area contributed by atoms with Crippen molar-refractivity contribution in [2.24, 2.45) is 0 Å². The van der Waals surface area contributed by atoms with Gasteiger partial charge in [0.05, 0.1) is 27.4 Å². The standard InChI is InChI=1S/C16H11ClF3N3O/c1-2-11-14-12(7-4-8-21-14)23(22-11)15(24)13-9(16(18,19)20)5-3-6-10(13)17/h3-8H,2H2,1H3. The van der Waals surface area contributed by atoms with Gasteiger partial charge in [-0.15, -0.1) is 0 Å². The minimum atomic E-state index is -4.70. The van der Waals surface area contributed by atoms with Crippen molar-refractivity contribution in [3.8, 4) is 0 Å². The summed E-state index contributed by atoms with van der Waals surface area (Å²) in [6.45, 7) is 1.82. The van der Waals surface area contributed by atoms with Gasteiger partial charge in [0.15, 0.2) is 0 Å². The fourth-order valence-corrected chi connectivity index (χ4v) is 2.74. The highest BCUT2D eigenvalue weighted by Gasteiger charge is 2.37. The summed E-state index contributed by atoms with van der Waals surface area (Å²) in [6.07, 6.45) is -2.68. The Labute approximate surface area is 139 Å². The number of fused-ring (bicyclic) bond motifs is 1. The van der Waals surface area contributed by atoms with E-state index in [0.29, 0.717) is 23.1 Å². The van der Waals surface area contributed by atoms with E-state index in [2.05, 4.69) is 10.1 Å². The van der Waals surface area contributed by atoms with Gasteiger partial charge in [0.25, 0.3) is 5.91 Å². The molecule has 3 rings (SSSR count). The smallest absolute Gasteiger partial charge is 0.267 e. The third-order valence-corrected chi connectivity index (χ3v) is 3.88. The van der Waals surface area contributed by atoms with E-state index >= 15 is 0 Å². The van der Waals surface area contributed by atoms with E-state index in [-0.39, 0.29) is 5.02 Å². The van der Waals surface area contributed by atoms with Gasteiger partial charge in [-0.3, -0.25) is 9.78 Å². The molecule has 0 amide bonds. The maximum absolute atomic E-state index is 13.2. The Morgan fingerprint density at radius 2 is 2.00 bits per heavy atom. The first-order chi connectivity index (χ1) is 11.3. The number of aryl methyl sites for hydroxylation is 1. The molecule has 2 aromatic heterocycles. The summed E-state index contributed by atoms with van der Waals surface area (Å²) in [5.41, 5.74) is -0.367. The average Bonchev–Trinajstić information content (AvgIpc) is 2.92. The molecular weight excluding hydrogens is 343 g/mol. The third kappa shape index (κ3) is 2.65. The van der Waals surface area contributed by atoms with Crippen LogP contribution in [0.5, 0.6) is 0 Å². The molecule has 0 aliphatic rings. The lowest BCUT2D eigenvalue weighted by Crippen LogP contribution is -2.20. The number of alkyl halides is 3. The first-order valence-corrected chi connectivity index (χ1v) is 7.45. The summed E-state index contributed by atoms with van der Waals surface area (Å²) in [6, 6.07) is 6.39. The van der Waals surface area contributed by atoms with E-state index in [1.54, 1.807) is 12.1 Å². The Morgan fingerprint density at radius 3 is 2.67 bits per heavy atom. The predicted octanol–water partition coefficient (Wildman–Crippen LogP) is 4.35. The highest BCUT2D eigenvalue weighted by molar-refractivity contribution is 6.34. The highest BCUT2D eigenvalue weighted by Crippen LogP contribution is 2.35. The van der Waals surface area contributed by atoms with Crippen molar-refractivity contribution in [2.75, 3.05) is 0 Å². The molecule has 8 heteroatoms. The van der Waals surface area contributed by atoms with Gasteiger partial charge in [-0.1, -0.05) is 24.6 Å². The van der Waals surface area contributed by atoms with Crippen LogP contribution in [0.2, 0.25) is 5.02 Å². The summed E-state index contributed by atoms with van der Waals surface area (Å²) in [4.78, 5) is 16.9. The molecule has 0 saturated heterocycles. The molecule has 0 bridgehead atoms. The second-order valence-corrected chi connectivity index (χ2v) is 5.46. The van der Waals surface area contributed by atoms with E-state index in [1.807, 2.05) is 6.92 Å². The fraction of sp³-hybridized carbons (Fsp3) is 0.188. The Hall–Kier alpha value is -2.41. The summed E-state index contributed by atoms with van der Waals surface area (Å²) >= 11 is 5.89. The zero-order chi connectivity index (χ0) is 17.5. The van der Waals surface area contributed by atoms with E-state index in [4.69, 9.17) is 11.6 Å². The molecule has 1 aromatic carbocycles. The SMILES string of the molecule is CCc1nn(C(=O)c2c(Cl)cccc2C(F)(F)F)c2cccnc12. The second kappa shape index (κ2) is 5.90. The van der Waals surface area contributed by atoms with E-state index < -0.39 is 23.2 Å². The molecule has 24 heavy (non-hydrogen) atoms. The van der Waals surface area contributed by atoms with Crippen LogP contribution in [0.3, 0.4) is 0 Å². The number of pyridine rings is 1. The van der Waals surface area contributed by atoms with Crippen LogP contribution >= 0.6 is 11.6 Å². The molecule has 3 aromatic rings. The molecule has 0 fully saturated rings. The Morgan fingerprint density at radius 1 is 1.25 bits per heavy atom. The van der Waals surface area contributed by atoms with Crippen molar-refractivity contribution >= 4 is 28.5 Å². The number of rotatable bonds is 2. The number of carbonyl (C=O) groups excluding carboxylic acids is 1. The summed E-state index contributed by atoms with van der Waals surface area (Å²) in [5.74, 6) is -0.939. The molecule has 0 aliphatic carbocycles. The lowest BCUT2D eigenvalue weighted by Gasteiger charge is -2.13. The lowest BCUT2D eigenvalue weighted by atomic mass is 10.1. The van der Waals surface area contributed by atoms with Crippen LogP contribution in [0, 0.1) is 0 Å². The van der Waals surface area contributed by atoms with E-state index in [0.717, 1.165) is 16.8 Å². The molecule has 0 spiro atoms. The number of aromatic nitrogens is 3. The minimum absolute atomic E-state index is 0.277. The topological polar surface area (TPSA) is 47.8 Å². The van der Waals surface area contributed by atoms with Crippen LogP contribution in [0.15, 0.2) is 36.5 Å². The fourth-order valence-electron chi connectivity index (χ4n) is 2.49. The molecule has 124 valence electrons. The van der Waals surface area contributed by atoms with Crippen LogP contribution in [0.4, 0.5) is 13.2 Å². The number of hydrogen-bond acceptors (Lipinski definition) is 3. The zero-order valence-corrected chi connectivity index (χ0v) is 13.2. The largest absolute Gasteiger partial charge is 0.417 e. The van der Waals surface area contributed by atoms with Crippen molar-refractivity contribution in [3.63, 3.8) is 0 Å². The summed E-state index contributed by atoms with van der Waals surface area (Å²) < 4.78 is 40.6. The Balaban J connectivity index is 2.25. The molecule has 0 unspecified atom stereocenters. The van der Waals surface area contributed by atoms with E-state index in [9.17, 15) is 18.0 Å². The molecule has 0 atom stereocenters. The molecule has 0 N–H and O–H groups in total. The van der Waals surface area contributed by atoms with Crippen molar-refractivity contribution in [1.82, 2.24) is 14.8 Å². The van der Waals surface area contributed by atoms with Crippen LogP contribution in [-0.4, -0.2) is 20.7 Å². The number of nitrogens with zero attached hydrogens (tertiary/aromatic N) is 3. The van der Waals surface area contributed by atoms with Gasteiger partial charge in [-0.05, 0) is 30.7 Å². The first kappa shape index (κ1) is 16.4. The maximum atomic E-state index is 13.2. The van der Waals surface area contributed by atoms with Gasteiger partial charge < -0.3 is 0 Å². The second-order valence-electron chi connectivity index (χ2n) is 5.05. The van der Waals surface area contributed by atoms with E-state index in [1.165, 1.54) is 12.3 Å². The molecule has 0 radical (unpaired) electrons. The predicted molar refractivity (Wildman–Crippen MR) is 83.1 cm³/mol. The van der Waals surface area contributed by atoms with Crippen molar-refractivity contribution in [3.05, 3.63) is 58.4 Å². The molecule has 2 heterocycles. The van der Waals surface area contributed by atoms with Gasteiger partial charge in [0.1, 0.15) is 5.52 Å². The normalized spacial score (nSPS) is 11.9. The monoisotopic (exact) mass is 353 g/mol. The molecule has 0 saturated carbocycles. The third-order valence-electron chi connectivity index (χ3n) is 3.57. The average molecular weight is 354 g/mol. The number of hydrogen-bond donors (Lipinski definition) is 0. The van der Waals surface area contributed by atoms with Gasteiger partial charge in [0.2, 0.25) is 0 Å². The van der Waals surface area contributed by atoms with Crippen LogP contribution in [-0.2, 0) is 12.6 Å². The quantitative estimate of drug-likeness (QED) is 0.688. The summed E-state index contributed by atoms with van der Waals surface area (Å²) in [7, 11) is 0. The maximum Gasteiger partial charge on any atom is 0.417 e. The lowest BCUT2D eigenvalue weighted by molar-refractivity contribution is -0.137. The van der Waals surface area contributed by atoms with Crippen LogP contribution in [0.25, 0.3) is 11.0 Å². The summed E-state index contributed by atoms with van der Waals surface area (Å²) in [5, 5.41) is 3.85. The Kier molecular flexibility index (Phi) is 4.04.